The second kappa shape index (κ2) is 4.90. The van der Waals surface area contributed by atoms with E-state index in [4.69, 9.17) is 4.74 Å². The van der Waals surface area contributed by atoms with Gasteiger partial charge in [-0.1, -0.05) is 0 Å². The zero-order valence-corrected chi connectivity index (χ0v) is 10.3. The lowest BCUT2D eigenvalue weighted by molar-refractivity contribution is 0.180. The topological polar surface area (TPSA) is 38.2 Å². The number of anilines is 1. The lowest BCUT2D eigenvalue weighted by atomic mass is 10.2. The molecule has 1 fully saturated rings. The predicted octanol–water partition coefficient (Wildman–Crippen LogP) is 1.85. The third-order valence-corrected chi connectivity index (χ3v) is 3.01. The van der Waals surface area contributed by atoms with Gasteiger partial charge >= 0.3 is 0 Å². The molecule has 1 aliphatic heterocycles. The van der Waals surface area contributed by atoms with Crippen LogP contribution in [0.4, 0.5) is 5.95 Å². The van der Waals surface area contributed by atoms with E-state index in [0.29, 0.717) is 6.04 Å². The summed E-state index contributed by atoms with van der Waals surface area (Å²) >= 11 is 3.33. The number of methoxy groups -OCH3 is 1. The van der Waals surface area contributed by atoms with Gasteiger partial charge in [-0.3, -0.25) is 0 Å². The molecule has 1 aliphatic rings. The highest BCUT2D eigenvalue weighted by Crippen LogP contribution is 2.22. The minimum atomic E-state index is 0.427. The summed E-state index contributed by atoms with van der Waals surface area (Å²) < 4.78 is 6.11. The van der Waals surface area contributed by atoms with Crippen molar-refractivity contribution in [1.82, 2.24) is 9.97 Å². The number of rotatable bonds is 3. The van der Waals surface area contributed by atoms with Gasteiger partial charge in [-0.2, -0.15) is 0 Å². The van der Waals surface area contributed by atoms with Gasteiger partial charge < -0.3 is 9.64 Å². The third kappa shape index (κ3) is 2.46. The Bertz CT molecular complexity index is 317. The van der Waals surface area contributed by atoms with Crippen LogP contribution < -0.4 is 4.90 Å². The van der Waals surface area contributed by atoms with Crippen molar-refractivity contribution in [1.29, 1.82) is 0 Å². The van der Waals surface area contributed by atoms with E-state index < -0.39 is 0 Å². The molecule has 5 heteroatoms. The molecule has 1 saturated heterocycles. The van der Waals surface area contributed by atoms with Crippen LogP contribution in [-0.2, 0) is 4.74 Å². The van der Waals surface area contributed by atoms with E-state index in [-0.39, 0.29) is 0 Å². The predicted molar refractivity (Wildman–Crippen MR) is 62.0 cm³/mol. The van der Waals surface area contributed by atoms with E-state index in [9.17, 15) is 0 Å². The summed E-state index contributed by atoms with van der Waals surface area (Å²) in [5, 5.41) is 0. The maximum Gasteiger partial charge on any atom is 0.225 e. The zero-order chi connectivity index (χ0) is 10.7. The normalized spacial score (nSPS) is 20.9. The van der Waals surface area contributed by atoms with Gasteiger partial charge in [0, 0.05) is 26.0 Å². The summed E-state index contributed by atoms with van der Waals surface area (Å²) in [4.78, 5) is 10.8. The average Bonchev–Trinajstić information content (AvgIpc) is 2.68. The molecule has 1 atom stereocenters. The molecule has 2 heterocycles. The standard InChI is InChI=1S/C10H14BrN3O/c1-15-7-9-3-2-4-14(9)10-12-5-8(11)6-13-10/h5-6,9H,2-4,7H2,1H3. The second-order valence-electron chi connectivity index (χ2n) is 3.65. The molecule has 15 heavy (non-hydrogen) atoms. The SMILES string of the molecule is COCC1CCCN1c1ncc(Br)cn1. The molecule has 0 N–H and O–H groups in total. The largest absolute Gasteiger partial charge is 0.383 e. The van der Waals surface area contributed by atoms with E-state index in [1.165, 1.54) is 6.42 Å². The molecule has 0 aromatic carbocycles. The van der Waals surface area contributed by atoms with Crippen molar-refractivity contribution in [2.45, 2.75) is 18.9 Å². The van der Waals surface area contributed by atoms with Crippen molar-refractivity contribution in [3.8, 4) is 0 Å². The molecule has 4 nitrogen and oxygen atoms in total. The first kappa shape index (κ1) is 10.8. The number of hydrogen-bond acceptors (Lipinski definition) is 4. The average molecular weight is 272 g/mol. The lowest BCUT2D eigenvalue weighted by Crippen LogP contribution is -2.34. The first-order valence-corrected chi connectivity index (χ1v) is 5.83. The molecule has 0 amide bonds. The van der Waals surface area contributed by atoms with Crippen LogP contribution in [0.5, 0.6) is 0 Å². The van der Waals surface area contributed by atoms with Crippen LogP contribution in [0.15, 0.2) is 16.9 Å². The number of nitrogens with zero attached hydrogens (tertiary/aromatic N) is 3. The van der Waals surface area contributed by atoms with Crippen molar-refractivity contribution >= 4 is 21.9 Å². The summed E-state index contributed by atoms with van der Waals surface area (Å²) in [6.07, 6.45) is 5.91. The fourth-order valence-corrected chi connectivity index (χ4v) is 2.12. The van der Waals surface area contributed by atoms with Gasteiger partial charge in [-0.25, -0.2) is 9.97 Å². The smallest absolute Gasteiger partial charge is 0.225 e. The maximum atomic E-state index is 5.19. The van der Waals surface area contributed by atoms with Gasteiger partial charge in [0.1, 0.15) is 0 Å². The lowest BCUT2D eigenvalue weighted by Gasteiger charge is -2.23. The first-order chi connectivity index (χ1) is 7.31. The van der Waals surface area contributed by atoms with Gasteiger partial charge in [-0.15, -0.1) is 0 Å². The molecule has 0 spiro atoms. The molecule has 2 rings (SSSR count). The quantitative estimate of drug-likeness (QED) is 0.841. The molecule has 0 bridgehead atoms. The summed E-state index contributed by atoms with van der Waals surface area (Å²) in [5.74, 6) is 0.803. The van der Waals surface area contributed by atoms with Crippen LogP contribution in [0.1, 0.15) is 12.8 Å². The molecular formula is C10H14BrN3O. The molecule has 1 aromatic rings. The van der Waals surface area contributed by atoms with Crippen LogP contribution in [0.25, 0.3) is 0 Å². The number of aromatic nitrogens is 2. The first-order valence-electron chi connectivity index (χ1n) is 5.04. The minimum absolute atomic E-state index is 0.427. The molecule has 82 valence electrons. The Hall–Kier alpha value is -0.680. The Kier molecular flexibility index (Phi) is 3.53. The zero-order valence-electron chi connectivity index (χ0n) is 8.69. The van der Waals surface area contributed by atoms with Crippen LogP contribution in [0, 0.1) is 0 Å². The van der Waals surface area contributed by atoms with Crippen LogP contribution >= 0.6 is 15.9 Å². The summed E-state index contributed by atoms with van der Waals surface area (Å²) in [5.41, 5.74) is 0. The highest BCUT2D eigenvalue weighted by atomic mass is 79.9. The van der Waals surface area contributed by atoms with Crippen LogP contribution in [0.3, 0.4) is 0 Å². The van der Waals surface area contributed by atoms with Crippen LogP contribution in [0.2, 0.25) is 0 Å². The van der Waals surface area contributed by atoms with Crippen molar-refractivity contribution in [2.75, 3.05) is 25.2 Å². The van der Waals surface area contributed by atoms with Gasteiger partial charge in [-0.05, 0) is 28.8 Å². The fourth-order valence-electron chi connectivity index (χ4n) is 1.92. The van der Waals surface area contributed by atoms with E-state index in [1.807, 2.05) is 0 Å². The van der Waals surface area contributed by atoms with Gasteiger partial charge in [0.2, 0.25) is 5.95 Å². The van der Waals surface area contributed by atoms with Crippen molar-refractivity contribution in [3.63, 3.8) is 0 Å². The van der Waals surface area contributed by atoms with Crippen molar-refractivity contribution < 1.29 is 4.74 Å². The van der Waals surface area contributed by atoms with Gasteiger partial charge in [0.15, 0.2) is 0 Å². The Morgan fingerprint density at radius 2 is 2.27 bits per heavy atom. The van der Waals surface area contributed by atoms with Gasteiger partial charge in [0.05, 0.1) is 17.1 Å². The van der Waals surface area contributed by atoms with E-state index in [0.717, 1.165) is 30.0 Å². The summed E-state index contributed by atoms with van der Waals surface area (Å²) in [6.45, 7) is 1.77. The number of hydrogen-bond donors (Lipinski definition) is 0. The highest BCUT2D eigenvalue weighted by molar-refractivity contribution is 9.10. The Morgan fingerprint density at radius 3 is 2.93 bits per heavy atom. The van der Waals surface area contributed by atoms with E-state index >= 15 is 0 Å². The van der Waals surface area contributed by atoms with E-state index in [1.54, 1.807) is 19.5 Å². The minimum Gasteiger partial charge on any atom is -0.383 e. The molecule has 1 aromatic heterocycles. The molecule has 0 aliphatic carbocycles. The fraction of sp³-hybridized carbons (Fsp3) is 0.600. The Labute approximate surface area is 97.8 Å². The van der Waals surface area contributed by atoms with Crippen LogP contribution in [-0.4, -0.2) is 36.3 Å². The van der Waals surface area contributed by atoms with Crippen molar-refractivity contribution in [2.24, 2.45) is 0 Å². The Balaban J connectivity index is 2.11. The molecular weight excluding hydrogens is 258 g/mol. The second-order valence-corrected chi connectivity index (χ2v) is 4.56. The maximum absolute atomic E-state index is 5.19. The third-order valence-electron chi connectivity index (χ3n) is 2.60. The number of halogens is 1. The van der Waals surface area contributed by atoms with Gasteiger partial charge in [0.25, 0.3) is 0 Å². The monoisotopic (exact) mass is 271 g/mol. The summed E-state index contributed by atoms with van der Waals surface area (Å²) in [7, 11) is 1.74. The molecule has 0 saturated carbocycles. The summed E-state index contributed by atoms with van der Waals surface area (Å²) in [6, 6.07) is 0.427. The van der Waals surface area contributed by atoms with Crippen molar-refractivity contribution in [3.05, 3.63) is 16.9 Å². The van der Waals surface area contributed by atoms with E-state index in [2.05, 4.69) is 30.8 Å². The highest BCUT2D eigenvalue weighted by Gasteiger charge is 2.26. The molecule has 0 radical (unpaired) electrons. The number of ether oxygens (including phenoxy) is 1. The molecule has 1 unspecified atom stereocenters. The Morgan fingerprint density at radius 1 is 1.53 bits per heavy atom.